The van der Waals surface area contributed by atoms with Crippen LogP contribution in [-0.4, -0.2) is 8.83 Å². The molecule has 0 heterocycles. The molecule has 0 aromatic heterocycles. The molecule has 0 radical (unpaired) electrons. The maximum absolute atomic E-state index is 6.31. The minimum Gasteiger partial charge on any atom is -0.176 e. The normalized spacial score (nSPS) is 41.4. The number of fused-ring (bicyclic) bond motifs is 2. The molecule has 2 heteroatoms. The fourth-order valence-electron chi connectivity index (χ4n) is 4.35. The Morgan fingerprint density at radius 1 is 1.36 bits per heavy atom. The monoisotopic (exact) mass is 230 g/mol. The molecule has 0 aliphatic heterocycles. The summed E-state index contributed by atoms with van der Waals surface area (Å²) in [6.07, 6.45) is 5.81. The van der Waals surface area contributed by atoms with Crippen molar-refractivity contribution in [3.8, 4) is 0 Å². The van der Waals surface area contributed by atoms with E-state index in [1.54, 1.807) is 0 Å². The van der Waals surface area contributed by atoms with Gasteiger partial charge in [-0.05, 0) is 41.0 Å². The third-order valence-electron chi connectivity index (χ3n) is 5.63. The first-order chi connectivity index (χ1) is 6.37. The van der Waals surface area contributed by atoms with Crippen LogP contribution in [0.2, 0.25) is 5.04 Å². The molecule has 3 rings (SSSR count). The Labute approximate surface area is 95.3 Å². The van der Waals surface area contributed by atoms with Crippen LogP contribution in [0.4, 0.5) is 0 Å². The quantitative estimate of drug-likeness (QED) is 0.501. The first kappa shape index (κ1) is 11.0. The van der Waals surface area contributed by atoms with Crippen molar-refractivity contribution in [1.29, 1.82) is 0 Å². The summed E-state index contributed by atoms with van der Waals surface area (Å²) in [5.41, 5.74) is 1.16. The Morgan fingerprint density at radius 2 is 2.00 bits per heavy atom. The molecule has 3 aliphatic carbocycles. The molecular formula is C12H23ClSi. The van der Waals surface area contributed by atoms with E-state index in [9.17, 15) is 0 Å². The third-order valence-corrected chi connectivity index (χ3v) is 8.98. The van der Waals surface area contributed by atoms with Gasteiger partial charge < -0.3 is 0 Å². The molecule has 0 aromatic rings. The van der Waals surface area contributed by atoms with Crippen LogP contribution in [0.5, 0.6) is 0 Å². The molecule has 82 valence electrons. The van der Waals surface area contributed by atoms with Crippen LogP contribution in [0.3, 0.4) is 0 Å². The molecule has 0 amide bonds. The lowest BCUT2D eigenvalue weighted by Crippen LogP contribution is -2.62. The summed E-state index contributed by atoms with van der Waals surface area (Å²) in [5.74, 6) is 0.993. The van der Waals surface area contributed by atoms with Gasteiger partial charge in [-0.15, -0.1) is 0 Å². The van der Waals surface area contributed by atoms with Gasteiger partial charge in [0.2, 0.25) is 0 Å². The van der Waals surface area contributed by atoms with Crippen LogP contribution in [0.1, 0.15) is 53.4 Å². The predicted octanol–water partition coefficient (Wildman–Crippen LogP) is 3.72. The lowest BCUT2D eigenvalue weighted by molar-refractivity contribution is -0.182. The SMILES string of the molecule is CC(C)([SiH2]Cl)C12CCCC(C1)C2(C)C. The zero-order valence-corrected chi connectivity index (χ0v) is 12.2. The maximum Gasteiger partial charge on any atom is 0.131 e. The highest BCUT2D eigenvalue weighted by atomic mass is 35.6. The van der Waals surface area contributed by atoms with Gasteiger partial charge in [0.25, 0.3) is 0 Å². The summed E-state index contributed by atoms with van der Waals surface area (Å²) >= 11 is 6.31. The Morgan fingerprint density at radius 3 is 2.43 bits per heavy atom. The van der Waals surface area contributed by atoms with Crippen molar-refractivity contribution in [1.82, 2.24) is 0 Å². The van der Waals surface area contributed by atoms with Crippen molar-refractivity contribution in [3.63, 3.8) is 0 Å². The Bertz CT molecular complexity index is 233. The maximum atomic E-state index is 6.31. The molecule has 14 heavy (non-hydrogen) atoms. The van der Waals surface area contributed by atoms with Crippen molar-refractivity contribution in [2.24, 2.45) is 16.7 Å². The van der Waals surface area contributed by atoms with Gasteiger partial charge in [0.05, 0.1) is 0 Å². The second kappa shape index (κ2) is 3.01. The summed E-state index contributed by atoms with van der Waals surface area (Å²) < 4.78 is 0. The van der Waals surface area contributed by atoms with E-state index in [1.165, 1.54) is 25.7 Å². The highest BCUT2D eigenvalue weighted by Crippen LogP contribution is 2.76. The van der Waals surface area contributed by atoms with E-state index < -0.39 is 8.83 Å². The highest BCUT2D eigenvalue weighted by molar-refractivity contribution is 6.95. The Hall–Kier alpha value is 0.507. The number of hydrogen-bond donors (Lipinski definition) is 0. The van der Waals surface area contributed by atoms with Gasteiger partial charge in [0.1, 0.15) is 8.83 Å². The largest absolute Gasteiger partial charge is 0.176 e. The molecule has 0 saturated heterocycles. The molecule has 3 saturated carbocycles. The van der Waals surface area contributed by atoms with E-state index in [1.807, 2.05) is 0 Å². The molecule has 0 N–H and O–H groups in total. The molecule has 0 spiro atoms. The highest BCUT2D eigenvalue weighted by Gasteiger charge is 2.66. The molecule has 2 unspecified atom stereocenters. The fraction of sp³-hybridized carbons (Fsp3) is 1.00. The molecular weight excluding hydrogens is 208 g/mol. The predicted molar refractivity (Wildman–Crippen MR) is 66.6 cm³/mol. The van der Waals surface area contributed by atoms with Gasteiger partial charge in [0, 0.05) is 0 Å². The van der Waals surface area contributed by atoms with E-state index in [-0.39, 0.29) is 0 Å². The summed E-state index contributed by atoms with van der Waals surface area (Å²) in [6, 6.07) is 0. The van der Waals surface area contributed by atoms with Crippen LogP contribution in [-0.2, 0) is 0 Å². The summed E-state index contributed by atoms with van der Waals surface area (Å²) in [5, 5.41) is 0.453. The van der Waals surface area contributed by atoms with Crippen LogP contribution in [0, 0.1) is 16.7 Å². The van der Waals surface area contributed by atoms with Crippen molar-refractivity contribution >= 4 is 19.9 Å². The first-order valence-electron chi connectivity index (χ1n) is 5.93. The van der Waals surface area contributed by atoms with Crippen LogP contribution < -0.4 is 0 Å². The zero-order valence-electron chi connectivity index (χ0n) is 9.99. The smallest absolute Gasteiger partial charge is 0.131 e. The first-order valence-corrected chi connectivity index (χ1v) is 8.78. The van der Waals surface area contributed by atoms with Crippen LogP contribution in [0.15, 0.2) is 0 Å². The van der Waals surface area contributed by atoms with Crippen LogP contribution in [0.25, 0.3) is 0 Å². The van der Waals surface area contributed by atoms with E-state index in [4.69, 9.17) is 11.1 Å². The second-order valence-electron chi connectivity index (χ2n) is 6.61. The third kappa shape index (κ3) is 1.06. The van der Waals surface area contributed by atoms with Crippen molar-refractivity contribution in [2.45, 2.75) is 58.4 Å². The van der Waals surface area contributed by atoms with E-state index in [0.29, 0.717) is 15.9 Å². The number of rotatable bonds is 2. The lowest BCUT2D eigenvalue weighted by Gasteiger charge is -2.71. The number of hydrogen-bond acceptors (Lipinski definition) is 0. The summed E-state index contributed by atoms with van der Waals surface area (Å²) in [7, 11) is -0.418. The fourth-order valence-corrected chi connectivity index (χ4v) is 6.15. The van der Waals surface area contributed by atoms with Crippen molar-refractivity contribution < 1.29 is 0 Å². The Balaban J connectivity index is 2.32. The van der Waals surface area contributed by atoms with Crippen molar-refractivity contribution in [3.05, 3.63) is 0 Å². The average molecular weight is 231 g/mol. The van der Waals surface area contributed by atoms with E-state index in [0.717, 1.165) is 5.92 Å². The van der Waals surface area contributed by atoms with Gasteiger partial charge in [-0.2, -0.15) is 11.1 Å². The average Bonchev–Trinajstić information content (AvgIpc) is 2.17. The Kier molecular flexibility index (Phi) is 2.36. The van der Waals surface area contributed by atoms with Crippen molar-refractivity contribution in [2.75, 3.05) is 0 Å². The topological polar surface area (TPSA) is 0 Å². The standard InChI is InChI=1S/C12H23ClSi/c1-10(2)9-6-5-7-12(10,8-9)11(3,4)14-13/h9H,5-8,14H2,1-4H3. The molecule has 2 bridgehead atoms. The molecule has 3 fully saturated rings. The molecule has 3 aliphatic rings. The molecule has 2 atom stereocenters. The van der Waals surface area contributed by atoms with Gasteiger partial charge in [-0.1, -0.05) is 34.1 Å². The summed E-state index contributed by atoms with van der Waals surface area (Å²) in [4.78, 5) is 0. The van der Waals surface area contributed by atoms with Gasteiger partial charge >= 0.3 is 0 Å². The van der Waals surface area contributed by atoms with E-state index >= 15 is 0 Å². The second-order valence-corrected chi connectivity index (χ2v) is 9.45. The minimum atomic E-state index is -0.418. The lowest BCUT2D eigenvalue weighted by atomic mass is 9.36. The van der Waals surface area contributed by atoms with Gasteiger partial charge in [-0.25, -0.2) is 0 Å². The summed E-state index contributed by atoms with van der Waals surface area (Å²) in [6.45, 7) is 9.83. The van der Waals surface area contributed by atoms with Gasteiger partial charge in [0.15, 0.2) is 0 Å². The minimum absolute atomic E-state index is 0.418. The van der Waals surface area contributed by atoms with Crippen LogP contribution >= 0.6 is 11.1 Å². The molecule has 0 aromatic carbocycles. The zero-order chi connectivity index (χ0) is 10.6. The van der Waals surface area contributed by atoms with Gasteiger partial charge in [-0.3, -0.25) is 0 Å². The van der Waals surface area contributed by atoms with E-state index in [2.05, 4.69) is 27.7 Å². The number of halogens is 1. The molecule has 0 nitrogen and oxygen atoms in total.